The van der Waals surface area contributed by atoms with Crippen molar-refractivity contribution < 1.29 is 0 Å². The molecule has 1 N–H and O–H groups in total. The fourth-order valence-corrected chi connectivity index (χ4v) is 2.33. The Morgan fingerprint density at radius 3 is 2.58 bits per heavy atom. The summed E-state index contributed by atoms with van der Waals surface area (Å²) in [5.41, 5.74) is -0.781. The van der Waals surface area contributed by atoms with Gasteiger partial charge in [0.05, 0.1) is 0 Å². The lowest BCUT2D eigenvalue weighted by Gasteiger charge is -2.14. The molecule has 7 heteroatoms. The van der Waals surface area contributed by atoms with Gasteiger partial charge in [0.2, 0.25) is 5.82 Å². The number of aryl methyl sites for hydroxylation is 1. The fraction of sp³-hybridized carbons (Fsp3) is 0.750. The maximum Gasteiger partial charge on any atom is 0.346 e. The third-order valence-electron chi connectivity index (χ3n) is 3.46. The normalized spacial score (nSPS) is 15.9. The van der Waals surface area contributed by atoms with E-state index in [0.717, 1.165) is 17.5 Å². The summed E-state index contributed by atoms with van der Waals surface area (Å²) >= 11 is 0. The van der Waals surface area contributed by atoms with Gasteiger partial charge in [0, 0.05) is 20.6 Å². The molecular weight excluding hydrogens is 246 g/mol. The van der Waals surface area contributed by atoms with E-state index in [1.54, 1.807) is 0 Å². The summed E-state index contributed by atoms with van der Waals surface area (Å²) in [6, 6.07) is 0. The van der Waals surface area contributed by atoms with E-state index in [0.29, 0.717) is 6.54 Å². The molecule has 1 aliphatic heterocycles. The van der Waals surface area contributed by atoms with Crippen LogP contribution in [0.1, 0.15) is 19.3 Å². The third-order valence-corrected chi connectivity index (χ3v) is 3.46. The molecule has 0 bridgehead atoms. The van der Waals surface area contributed by atoms with Crippen molar-refractivity contribution in [2.75, 3.05) is 31.5 Å². The van der Waals surface area contributed by atoms with Gasteiger partial charge < -0.3 is 10.2 Å². The molecule has 1 aromatic heterocycles. The number of hydrogen-bond acceptors (Lipinski definition) is 5. The maximum atomic E-state index is 11.8. The lowest BCUT2D eigenvalue weighted by molar-refractivity contribution is 0.337. The van der Waals surface area contributed by atoms with Crippen molar-refractivity contribution in [3.63, 3.8) is 0 Å². The molecule has 2 heterocycles. The van der Waals surface area contributed by atoms with E-state index >= 15 is 0 Å². The van der Waals surface area contributed by atoms with Crippen molar-refractivity contribution in [3.8, 4) is 0 Å². The van der Waals surface area contributed by atoms with Gasteiger partial charge in [0.25, 0.3) is 5.56 Å². The van der Waals surface area contributed by atoms with E-state index in [1.807, 2.05) is 0 Å². The van der Waals surface area contributed by atoms with Gasteiger partial charge in [-0.2, -0.15) is 0 Å². The monoisotopic (exact) mass is 267 g/mol. The molecule has 7 nitrogen and oxygen atoms in total. The van der Waals surface area contributed by atoms with Gasteiger partial charge in [0.1, 0.15) is 0 Å². The van der Waals surface area contributed by atoms with Gasteiger partial charge >= 0.3 is 5.69 Å². The third kappa shape index (κ3) is 3.23. The molecule has 0 unspecified atom stereocenters. The standard InChI is InChI=1S/C12H21N5O2/c1-15-11(18)10(14-16(2)12(15)19)13-6-5-9-17-7-3-4-8-17/h3-9H2,1-2H3,(H,13,14). The predicted molar refractivity (Wildman–Crippen MR) is 73.5 cm³/mol. The Bertz CT molecular complexity index is 542. The molecule has 19 heavy (non-hydrogen) atoms. The minimum Gasteiger partial charge on any atom is -0.364 e. The highest BCUT2D eigenvalue weighted by molar-refractivity contribution is 5.29. The quantitative estimate of drug-likeness (QED) is 0.720. The second-order valence-corrected chi connectivity index (χ2v) is 4.95. The number of rotatable bonds is 5. The Hall–Kier alpha value is -1.63. The molecule has 0 radical (unpaired) electrons. The molecule has 1 fully saturated rings. The first-order valence-corrected chi connectivity index (χ1v) is 6.70. The van der Waals surface area contributed by atoms with Crippen LogP contribution in [0.25, 0.3) is 0 Å². The Kier molecular flexibility index (Phi) is 4.36. The van der Waals surface area contributed by atoms with Gasteiger partial charge in [-0.15, -0.1) is 5.10 Å². The van der Waals surface area contributed by atoms with Crippen molar-refractivity contribution in [1.29, 1.82) is 0 Å². The summed E-state index contributed by atoms with van der Waals surface area (Å²) in [6.45, 7) is 4.09. The molecule has 106 valence electrons. The smallest absolute Gasteiger partial charge is 0.346 e. The van der Waals surface area contributed by atoms with Gasteiger partial charge in [-0.1, -0.05) is 0 Å². The van der Waals surface area contributed by atoms with Gasteiger partial charge in [0.15, 0.2) is 0 Å². The van der Waals surface area contributed by atoms with E-state index in [1.165, 1.54) is 44.7 Å². The van der Waals surface area contributed by atoms with E-state index < -0.39 is 5.69 Å². The molecule has 1 aromatic rings. The number of hydrogen-bond donors (Lipinski definition) is 1. The van der Waals surface area contributed by atoms with Crippen LogP contribution in [0.2, 0.25) is 0 Å². The first-order chi connectivity index (χ1) is 9.09. The zero-order valence-corrected chi connectivity index (χ0v) is 11.6. The van der Waals surface area contributed by atoms with Crippen molar-refractivity contribution in [1.82, 2.24) is 19.2 Å². The predicted octanol–water partition coefficient (Wildman–Crippen LogP) is -0.623. The van der Waals surface area contributed by atoms with Crippen LogP contribution in [0.4, 0.5) is 5.82 Å². The van der Waals surface area contributed by atoms with Crippen LogP contribution in [0, 0.1) is 0 Å². The highest BCUT2D eigenvalue weighted by atomic mass is 16.2. The summed E-state index contributed by atoms with van der Waals surface area (Å²) in [4.78, 5) is 25.7. The Labute approximate surface area is 111 Å². The summed E-state index contributed by atoms with van der Waals surface area (Å²) in [5, 5.41) is 6.96. The van der Waals surface area contributed by atoms with Crippen LogP contribution in [-0.2, 0) is 14.1 Å². The second-order valence-electron chi connectivity index (χ2n) is 4.95. The molecule has 2 rings (SSSR count). The zero-order chi connectivity index (χ0) is 13.8. The lowest BCUT2D eigenvalue weighted by Crippen LogP contribution is -2.40. The molecule has 0 atom stereocenters. The summed E-state index contributed by atoms with van der Waals surface area (Å²) in [5.74, 6) is 0.242. The molecule has 0 aromatic carbocycles. The summed E-state index contributed by atoms with van der Waals surface area (Å²) in [7, 11) is 3.00. The average Bonchev–Trinajstić information content (AvgIpc) is 2.91. The molecule has 0 saturated carbocycles. The summed E-state index contributed by atoms with van der Waals surface area (Å²) < 4.78 is 2.24. The molecule has 0 aliphatic carbocycles. The Morgan fingerprint density at radius 2 is 1.89 bits per heavy atom. The highest BCUT2D eigenvalue weighted by Crippen LogP contribution is 2.07. The van der Waals surface area contributed by atoms with Crippen molar-refractivity contribution >= 4 is 5.82 Å². The number of nitrogens with one attached hydrogen (secondary N) is 1. The molecule has 1 saturated heterocycles. The van der Waals surface area contributed by atoms with Crippen LogP contribution in [0.15, 0.2) is 9.59 Å². The van der Waals surface area contributed by atoms with Gasteiger partial charge in [-0.3, -0.25) is 9.36 Å². The molecular formula is C12H21N5O2. The fourth-order valence-electron chi connectivity index (χ4n) is 2.33. The van der Waals surface area contributed by atoms with Crippen LogP contribution < -0.4 is 16.6 Å². The maximum absolute atomic E-state index is 11.8. The Balaban J connectivity index is 1.89. The minimum atomic E-state index is -0.410. The van der Waals surface area contributed by atoms with Crippen molar-refractivity contribution in [3.05, 3.63) is 20.8 Å². The second kappa shape index (κ2) is 6.01. The van der Waals surface area contributed by atoms with E-state index in [4.69, 9.17) is 0 Å². The number of likely N-dealkylation sites (tertiary alicyclic amines) is 1. The van der Waals surface area contributed by atoms with Crippen LogP contribution in [-0.4, -0.2) is 45.4 Å². The SMILES string of the molecule is Cn1nc(NCCCN2CCCC2)c(=O)n(C)c1=O. The minimum absolute atomic E-state index is 0.242. The Morgan fingerprint density at radius 1 is 1.21 bits per heavy atom. The number of nitrogens with zero attached hydrogens (tertiary/aromatic N) is 4. The average molecular weight is 267 g/mol. The lowest BCUT2D eigenvalue weighted by atomic mass is 10.4. The van der Waals surface area contributed by atoms with E-state index in [2.05, 4.69) is 15.3 Å². The molecule has 0 spiro atoms. The largest absolute Gasteiger partial charge is 0.364 e. The van der Waals surface area contributed by atoms with Crippen molar-refractivity contribution in [2.45, 2.75) is 19.3 Å². The molecule has 0 amide bonds. The topological polar surface area (TPSA) is 72.2 Å². The van der Waals surface area contributed by atoms with Crippen LogP contribution >= 0.6 is 0 Å². The first-order valence-electron chi connectivity index (χ1n) is 6.70. The van der Waals surface area contributed by atoms with E-state index in [9.17, 15) is 9.59 Å². The number of anilines is 1. The van der Waals surface area contributed by atoms with E-state index in [-0.39, 0.29) is 11.4 Å². The van der Waals surface area contributed by atoms with Crippen LogP contribution in [0.5, 0.6) is 0 Å². The first kappa shape index (κ1) is 13.8. The zero-order valence-electron chi connectivity index (χ0n) is 11.6. The van der Waals surface area contributed by atoms with Crippen molar-refractivity contribution in [2.24, 2.45) is 14.1 Å². The van der Waals surface area contributed by atoms with Crippen LogP contribution in [0.3, 0.4) is 0 Å². The molecule has 1 aliphatic rings. The number of aromatic nitrogens is 3. The van der Waals surface area contributed by atoms with Gasteiger partial charge in [-0.05, 0) is 38.9 Å². The highest BCUT2D eigenvalue weighted by Gasteiger charge is 2.11. The van der Waals surface area contributed by atoms with Gasteiger partial charge in [-0.25, -0.2) is 9.48 Å². The summed E-state index contributed by atoms with van der Waals surface area (Å²) in [6.07, 6.45) is 3.54.